The van der Waals surface area contributed by atoms with Crippen molar-refractivity contribution in [1.29, 1.82) is 0 Å². The van der Waals surface area contributed by atoms with Gasteiger partial charge in [-0.25, -0.2) is 9.97 Å². The molecule has 2 heterocycles. The molecule has 1 aliphatic rings. The van der Waals surface area contributed by atoms with Gasteiger partial charge in [-0.05, 0) is 44.4 Å². The Labute approximate surface area is 136 Å². The number of aromatic nitrogens is 2. The predicted octanol–water partition coefficient (Wildman–Crippen LogP) is 2.57. The minimum absolute atomic E-state index is 0.168. The number of benzene rings is 1. The minimum Gasteiger partial charge on any atom is -0.346 e. The zero-order chi connectivity index (χ0) is 16.4. The molecule has 0 radical (unpaired) electrons. The highest BCUT2D eigenvalue weighted by Crippen LogP contribution is 2.21. The van der Waals surface area contributed by atoms with Gasteiger partial charge in [-0.2, -0.15) is 0 Å². The van der Waals surface area contributed by atoms with Crippen LogP contribution in [-0.4, -0.2) is 28.0 Å². The summed E-state index contributed by atoms with van der Waals surface area (Å²) in [5, 5.41) is 2.93. The van der Waals surface area contributed by atoms with Crippen LogP contribution in [0.2, 0.25) is 0 Å². The monoisotopic (exact) mass is 310 g/mol. The van der Waals surface area contributed by atoms with Gasteiger partial charge in [-0.1, -0.05) is 24.3 Å². The van der Waals surface area contributed by atoms with Crippen molar-refractivity contribution < 1.29 is 4.79 Å². The van der Waals surface area contributed by atoms with Crippen LogP contribution in [0.3, 0.4) is 0 Å². The molecule has 0 spiro atoms. The Kier molecular flexibility index (Phi) is 4.03. The first-order chi connectivity index (χ1) is 10.9. The molecule has 5 heteroatoms. The van der Waals surface area contributed by atoms with Gasteiger partial charge >= 0.3 is 0 Å². The highest BCUT2D eigenvalue weighted by Gasteiger charge is 2.21. The third kappa shape index (κ3) is 3.67. The summed E-state index contributed by atoms with van der Waals surface area (Å²) in [5.41, 5.74) is 2.80. The van der Waals surface area contributed by atoms with Crippen LogP contribution in [0.25, 0.3) is 0 Å². The Bertz CT molecular complexity index is 721. The fourth-order valence-corrected chi connectivity index (χ4v) is 2.70. The average molecular weight is 310 g/mol. The fourth-order valence-electron chi connectivity index (χ4n) is 2.70. The number of anilines is 1. The van der Waals surface area contributed by atoms with Gasteiger partial charge in [0.2, 0.25) is 5.95 Å². The maximum atomic E-state index is 12.3. The summed E-state index contributed by atoms with van der Waals surface area (Å²) < 4.78 is 0. The molecule has 1 amide bonds. The summed E-state index contributed by atoms with van der Waals surface area (Å²) in [6.45, 7) is 7.50. The number of hydrogen-bond acceptors (Lipinski definition) is 4. The van der Waals surface area contributed by atoms with Crippen LogP contribution < -0.4 is 10.2 Å². The Morgan fingerprint density at radius 3 is 2.65 bits per heavy atom. The van der Waals surface area contributed by atoms with E-state index in [0.717, 1.165) is 19.5 Å². The number of hydrogen-bond donors (Lipinski definition) is 1. The summed E-state index contributed by atoms with van der Waals surface area (Å²) in [6.07, 6.45) is 2.62. The molecule has 1 N–H and O–H groups in total. The first-order valence-corrected chi connectivity index (χ1v) is 7.90. The Hall–Kier alpha value is -2.43. The molecule has 2 aromatic rings. The number of rotatable bonds is 2. The zero-order valence-electron chi connectivity index (χ0n) is 13.8. The minimum atomic E-state index is -0.285. The van der Waals surface area contributed by atoms with Gasteiger partial charge in [0.15, 0.2) is 0 Å². The Balaban J connectivity index is 1.80. The van der Waals surface area contributed by atoms with E-state index in [0.29, 0.717) is 11.6 Å². The molecule has 0 unspecified atom stereocenters. The molecule has 1 aromatic heterocycles. The molecule has 120 valence electrons. The lowest BCUT2D eigenvalue weighted by molar-refractivity contribution is 0.0914. The van der Waals surface area contributed by atoms with E-state index in [4.69, 9.17) is 0 Å². The summed E-state index contributed by atoms with van der Waals surface area (Å²) in [7, 11) is 0. The molecule has 1 aliphatic heterocycles. The van der Waals surface area contributed by atoms with Crippen molar-refractivity contribution >= 4 is 11.9 Å². The molecule has 1 aromatic carbocycles. The molecule has 5 nitrogen and oxygen atoms in total. The molecule has 3 rings (SSSR count). The average Bonchev–Trinajstić information content (AvgIpc) is 2.53. The van der Waals surface area contributed by atoms with E-state index in [1.165, 1.54) is 11.1 Å². The van der Waals surface area contributed by atoms with Gasteiger partial charge in [-0.3, -0.25) is 4.79 Å². The fraction of sp³-hybridized carbons (Fsp3) is 0.389. The predicted molar refractivity (Wildman–Crippen MR) is 90.4 cm³/mol. The van der Waals surface area contributed by atoms with E-state index in [9.17, 15) is 4.79 Å². The van der Waals surface area contributed by atoms with E-state index < -0.39 is 0 Å². The highest BCUT2D eigenvalue weighted by molar-refractivity contribution is 5.92. The molecule has 23 heavy (non-hydrogen) atoms. The first-order valence-electron chi connectivity index (χ1n) is 7.90. The Morgan fingerprint density at radius 2 is 1.91 bits per heavy atom. The van der Waals surface area contributed by atoms with E-state index in [2.05, 4.69) is 44.5 Å². The van der Waals surface area contributed by atoms with Gasteiger partial charge in [0.1, 0.15) is 5.69 Å². The van der Waals surface area contributed by atoms with Crippen molar-refractivity contribution in [2.75, 3.05) is 11.4 Å². The number of fused-ring (bicyclic) bond motifs is 1. The van der Waals surface area contributed by atoms with E-state index in [1.807, 2.05) is 20.8 Å². The summed E-state index contributed by atoms with van der Waals surface area (Å²) in [5.74, 6) is 0.444. The second-order valence-corrected chi connectivity index (χ2v) is 6.89. The van der Waals surface area contributed by atoms with Crippen LogP contribution in [0.5, 0.6) is 0 Å². The van der Waals surface area contributed by atoms with Crippen LogP contribution in [0.15, 0.2) is 36.5 Å². The number of nitrogens with zero attached hydrogens (tertiary/aromatic N) is 3. The number of amides is 1. The van der Waals surface area contributed by atoms with Gasteiger partial charge in [0.25, 0.3) is 5.91 Å². The molecule has 0 saturated heterocycles. The molecular weight excluding hydrogens is 288 g/mol. The number of carbonyl (C=O) groups is 1. The second kappa shape index (κ2) is 5.99. The molecule has 0 atom stereocenters. The standard InChI is InChI=1S/C18H22N4O/c1-18(2,3)21-16(23)15-8-10-19-17(20-15)22-11-9-13-6-4-5-7-14(13)12-22/h4-8,10H,9,11-12H2,1-3H3,(H,21,23). The lowest BCUT2D eigenvalue weighted by Gasteiger charge is -2.29. The van der Waals surface area contributed by atoms with Crippen molar-refractivity contribution in [2.24, 2.45) is 0 Å². The molecule has 0 fully saturated rings. The van der Waals surface area contributed by atoms with Gasteiger partial charge < -0.3 is 10.2 Å². The van der Waals surface area contributed by atoms with Crippen LogP contribution in [0, 0.1) is 0 Å². The van der Waals surface area contributed by atoms with E-state index >= 15 is 0 Å². The van der Waals surface area contributed by atoms with Crippen molar-refractivity contribution in [3.8, 4) is 0 Å². The smallest absolute Gasteiger partial charge is 0.270 e. The second-order valence-electron chi connectivity index (χ2n) is 6.89. The SMILES string of the molecule is CC(C)(C)NC(=O)c1ccnc(N2CCc3ccccc3C2)n1. The quantitative estimate of drug-likeness (QED) is 0.926. The number of carbonyl (C=O) groups excluding carboxylic acids is 1. The summed E-state index contributed by atoms with van der Waals surface area (Å²) >= 11 is 0. The molecular formula is C18H22N4O. The summed E-state index contributed by atoms with van der Waals surface area (Å²) in [6, 6.07) is 10.1. The van der Waals surface area contributed by atoms with Crippen molar-refractivity contribution in [3.05, 3.63) is 53.3 Å². The maximum absolute atomic E-state index is 12.3. The molecule has 0 bridgehead atoms. The zero-order valence-corrected chi connectivity index (χ0v) is 13.8. The molecule has 0 saturated carbocycles. The third-order valence-electron chi connectivity index (χ3n) is 3.78. The van der Waals surface area contributed by atoms with Crippen molar-refractivity contribution in [2.45, 2.75) is 39.3 Å². The van der Waals surface area contributed by atoms with Gasteiger partial charge in [-0.15, -0.1) is 0 Å². The lowest BCUT2D eigenvalue weighted by atomic mass is 10.0. The third-order valence-corrected chi connectivity index (χ3v) is 3.78. The lowest BCUT2D eigenvalue weighted by Crippen LogP contribution is -2.41. The highest BCUT2D eigenvalue weighted by atomic mass is 16.2. The van der Waals surface area contributed by atoms with Crippen LogP contribution in [0.1, 0.15) is 42.4 Å². The van der Waals surface area contributed by atoms with E-state index in [1.54, 1.807) is 12.3 Å². The number of nitrogens with one attached hydrogen (secondary N) is 1. The van der Waals surface area contributed by atoms with Crippen molar-refractivity contribution in [3.63, 3.8) is 0 Å². The first kappa shape index (κ1) is 15.5. The summed E-state index contributed by atoms with van der Waals surface area (Å²) in [4.78, 5) is 23.2. The van der Waals surface area contributed by atoms with Crippen LogP contribution in [0.4, 0.5) is 5.95 Å². The van der Waals surface area contributed by atoms with Crippen molar-refractivity contribution in [1.82, 2.24) is 15.3 Å². The maximum Gasteiger partial charge on any atom is 0.270 e. The van der Waals surface area contributed by atoms with E-state index in [-0.39, 0.29) is 11.4 Å². The van der Waals surface area contributed by atoms with Gasteiger partial charge in [0.05, 0.1) is 0 Å². The normalized spacial score (nSPS) is 14.3. The van der Waals surface area contributed by atoms with Gasteiger partial charge in [0, 0.05) is 24.8 Å². The molecule has 0 aliphatic carbocycles. The Morgan fingerprint density at radius 1 is 1.17 bits per heavy atom. The van der Waals surface area contributed by atoms with Crippen LogP contribution in [-0.2, 0) is 13.0 Å². The topological polar surface area (TPSA) is 58.1 Å². The largest absolute Gasteiger partial charge is 0.346 e. The van der Waals surface area contributed by atoms with Crippen LogP contribution >= 0.6 is 0 Å².